The van der Waals surface area contributed by atoms with Gasteiger partial charge in [-0.15, -0.1) is 0 Å². The van der Waals surface area contributed by atoms with Crippen LogP contribution in [-0.4, -0.2) is 25.1 Å². The molecule has 8 heavy (non-hydrogen) atoms. The van der Waals surface area contributed by atoms with Gasteiger partial charge in [0.2, 0.25) is 0 Å². The summed E-state index contributed by atoms with van der Waals surface area (Å²) in [6.07, 6.45) is 4.06. The van der Waals surface area contributed by atoms with Crippen molar-refractivity contribution in [3.8, 4) is 0 Å². The van der Waals surface area contributed by atoms with Crippen LogP contribution >= 0.6 is 0 Å². The van der Waals surface area contributed by atoms with Gasteiger partial charge in [0.1, 0.15) is 0 Å². The smallest absolute Gasteiger partial charge is 0.0193 e. The van der Waals surface area contributed by atoms with Crippen molar-refractivity contribution in [3.05, 3.63) is 0 Å². The number of nitrogens with zero attached hydrogens (tertiary/aromatic N) is 2. The molecule has 0 bridgehead atoms. The lowest BCUT2D eigenvalue weighted by molar-refractivity contribution is 0.165. The zero-order chi connectivity index (χ0) is 5.82. The minimum Gasteiger partial charge on any atom is -0.227 e. The van der Waals surface area contributed by atoms with Crippen molar-refractivity contribution < 1.29 is 0 Å². The molecule has 2 heteroatoms. The molecular formula is C6H13N2. The first-order valence-electron chi connectivity index (χ1n) is 3.28. The summed E-state index contributed by atoms with van der Waals surface area (Å²) < 4.78 is 0. The Morgan fingerprint density at radius 3 is 2.12 bits per heavy atom. The van der Waals surface area contributed by atoms with E-state index in [0.29, 0.717) is 0 Å². The van der Waals surface area contributed by atoms with Crippen LogP contribution in [0.1, 0.15) is 19.3 Å². The molecule has 0 aromatic carbocycles. The van der Waals surface area contributed by atoms with Gasteiger partial charge < -0.3 is 0 Å². The second-order valence-electron chi connectivity index (χ2n) is 2.21. The quantitative estimate of drug-likeness (QED) is 0.487. The van der Waals surface area contributed by atoms with Crippen LogP contribution in [0, 0.1) is 0 Å². The summed E-state index contributed by atoms with van der Waals surface area (Å²) >= 11 is 0. The maximum absolute atomic E-state index is 4.08. The van der Waals surface area contributed by atoms with Crippen molar-refractivity contribution in [1.82, 2.24) is 10.4 Å². The molecule has 0 N–H and O–H groups in total. The maximum atomic E-state index is 4.08. The largest absolute Gasteiger partial charge is 0.227 e. The zero-order valence-corrected chi connectivity index (χ0v) is 5.43. The molecule has 1 aliphatic heterocycles. The minimum atomic E-state index is 1.18. The topological polar surface area (TPSA) is 17.3 Å². The van der Waals surface area contributed by atoms with E-state index in [1.54, 1.807) is 0 Å². The first kappa shape index (κ1) is 6.05. The highest BCUT2D eigenvalue weighted by atomic mass is 15.5. The zero-order valence-electron chi connectivity index (χ0n) is 5.43. The third-order valence-electron chi connectivity index (χ3n) is 1.62. The molecule has 1 radical (unpaired) electrons. The van der Waals surface area contributed by atoms with E-state index >= 15 is 0 Å². The highest BCUT2D eigenvalue weighted by molar-refractivity contribution is 4.57. The van der Waals surface area contributed by atoms with Crippen LogP contribution in [0.5, 0.6) is 0 Å². The molecular weight excluding hydrogens is 100 g/mol. The van der Waals surface area contributed by atoms with E-state index in [4.69, 9.17) is 0 Å². The molecule has 1 aliphatic rings. The first-order chi connectivity index (χ1) is 3.93. The Hall–Kier alpha value is -0.0800. The van der Waals surface area contributed by atoms with Gasteiger partial charge in [0.15, 0.2) is 0 Å². The van der Waals surface area contributed by atoms with Crippen LogP contribution < -0.4 is 5.43 Å². The molecule has 1 heterocycles. The predicted octanol–water partition coefficient (Wildman–Crippen LogP) is 0.621. The Labute approximate surface area is 50.8 Å². The van der Waals surface area contributed by atoms with Crippen LogP contribution in [0.3, 0.4) is 0 Å². The van der Waals surface area contributed by atoms with Crippen molar-refractivity contribution in [1.29, 1.82) is 0 Å². The molecule has 2 nitrogen and oxygen atoms in total. The van der Waals surface area contributed by atoms with Crippen LogP contribution in [0.15, 0.2) is 0 Å². The van der Waals surface area contributed by atoms with Gasteiger partial charge >= 0.3 is 0 Å². The van der Waals surface area contributed by atoms with E-state index in [2.05, 4.69) is 10.4 Å². The summed E-state index contributed by atoms with van der Waals surface area (Å²) in [6.45, 7) is 2.35. The summed E-state index contributed by atoms with van der Waals surface area (Å²) in [7, 11) is 1.87. The lowest BCUT2D eigenvalue weighted by Crippen LogP contribution is -2.34. The molecule has 0 aromatic rings. The lowest BCUT2D eigenvalue weighted by Gasteiger charge is -2.22. The van der Waals surface area contributed by atoms with Gasteiger partial charge in [-0.2, -0.15) is 5.43 Å². The third-order valence-corrected chi connectivity index (χ3v) is 1.62. The number of hydrogen-bond acceptors (Lipinski definition) is 1. The summed E-state index contributed by atoms with van der Waals surface area (Å²) in [5.41, 5.74) is 4.08. The molecule has 0 unspecified atom stereocenters. The maximum Gasteiger partial charge on any atom is 0.0193 e. The van der Waals surface area contributed by atoms with E-state index in [0.717, 1.165) is 0 Å². The van der Waals surface area contributed by atoms with Gasteiger partial charge in [-0.05, 0) is 12.8 Å². The van der Waals surface area contributed by atoms with Gasteiger partial charge in [0.05, 0.1) is 0 Å². The fourth-order valence-corrected chi connectivity index (χ4v) is 1.08. The van der Waals surface area contributed by atoms with Crippen molar-refractivity contribution in [3.63, 3.8) is 0 Å². The summed E-state index contributed by atoms with van der Waals surface area (Å²) in [4.78, 5) is 0. The van der Waals surface area contributed by atoms with E-state index in [-0.39, 0.29) is 0 Å². The van der Waals surface area contributed by atoms with E-state index in [1.807, 2.05) is 7.05 Å². The first-order valence-corrected chi connectivity index (χ1v) is 3.28. The Morgan fingerprint density at radius 2 is 1.75 bits per heavy atom. The van der Waals surface area contributed by atoms with Gasteiger partial charge in [-0.3, -0.25) is 0 Å². The van der Waals surface area contributed by atoms with Gasteiger partial charge in [-0.25, -0.2) is 5.01 Å². The highest BCUT2D eigenvalue weighted by Gasteiger charge is 2.06. The Bertz CT molecular complexity index is 57.5. The molecule has 47 valence electrons. The molecule has 1 fully saturated rings. The van der Waals surface area contributed by atoms with E-state index in [9.17, 15) is 0 Å². The Kier molecular flexibility index (Phi) is 2.30. The Morgan fingerprint density at radius 1 is 1.12 bits per heavy atom. The van der Waals surface area contributed by atoms with Gasteiger partial charge in [0, 0.05) is 20.1 Å². The van der Waals surface area contributed by atoms with Gasteiger partial charge in [-0.1, -0.05) is 6.42 Å². The number of hydrogen-bond donors (Lipinski definition) is 0. The molecule has 0 aromatic heterocycles. The molecule has 0 spiro atoms. The fraction of sp³-hybridized carbons (Fsp3) is 1.00. The molecule has 0 atom stereocenters. The van der Waals surface area contributed by atoms with Gasteiger partial charge in [0.25, 0.3) is 0 Å². The van der Waals surface area contributed by atoms with Crippen LogP contribution in [0.4, 0.5) is 0 Å². The second-order valence-corrected chi connectivity index (χ2v) is 2.21. The minimum absolute atomic E-state index is 1.18. The molecule has 1 saturated heterocycles. The standard InChI is InChI=1S/C6H13N2/c1-7-8-5-3-2-4-6-8/h2-6H2,1H3. The third kappa shape index (κ3) is 1.46. The van der Waals surface area contributed by atoms with E-state index < -0.39 is 0 Å². The normalized spacial score (nSPS) is 23.6. The summed E-state index contributed by atoms with van der Waals surface area (Å²) in [6, 6.07) is 0. The average Bonchev–Trinajstić information content (AvgIpc) is 1.90. The molecule has 1 rings (SSSR count). The predicted molar refractivity (Wildman–Crippen MR) is 33.5 cm³/mol. The van der Waals surface area contributed by atoms with Crippen LogP contribution in [0.2, 0.25) is 0 Å². The monoisotopic (exact) mass is 113 g/mol. The molecule has 0 amide bonds. The molecule has 0 aliphatic carbocycles. The number of piperidine rings is 1. The van der Waals surface area contributed by atoms with Crippen molar-refractivity contribution in [2.24, 2.45) is 0 Å². The molecule has 0 saturated carbocycles. The average molecular weight is 113 g/mol. The second kappa shape index (κ2) is 3.05. The summed E-state index contributed by atoms with van der Waals surface area (Å²) in [5.74, 6) is 0. The SMILES string of the molecule is C[N]N1CCCCC1. The Balaban J connectivity index is 2.13. The highest BCUT2D eigenvalue weighted by Crippen LogP contribution is 2.05. The van der Waals surface area contributed by atoms with Crippen molar-refractivity contribution >= 4 is 0 Å². The van der Waals surface area contributed by atoms with Crippen molar-refractivity contribution in [2.75, 3.05) is 20.1 Å². The van der Waals surface area contributed by atoms with Crippen LogP contribution in [-0.2, 0) is 0 Å². The lowest BCUT2D eigenvalue weighted by atomic mass is 10.2. The van der Waals surface area contributed by atoms with E-state index in [1.165, 1.54) is 32.4 Å². The fourth-order valence-electron chi connectivity index (χ4n) is 1.08. The summed E-state index contributed by atoms with van der Waals surface area (Å²) in [5, 5.41) is 2.14. The van der Waals surface area contributed by atoms with Crippen LogP contribution in [0.25, 0.3) is 0 Å². The number of rotatable bonds is 1. The van der Waals surface area contributed by atoms with Crippen molar-refractivity contribution in [2.45, 2.75) is 19.3 Å².